The van der Waals surface area contributed by atoms with E-state index in [-0.39, 0.29) is 24.6 Å². The first-order valence-electron chi connectivity index (χ1n) is 12.4. The summed E-state index contributed by atoms with van der Waals surface area (Å²) in [7, 11) is 1.73. The molecule has 1 aromatic carbocycles. The number of imidazole rings is 1. The predicted molar refractivity (Wildman–Crippen MR) is 151 cm³/mol. The van der Waals surface area contributed by atoms with Crippen molar-refractivity contribution in [2.75, 3.05) is 24.7 Å². The summed E-state index contributed by atoms with van der Waals surface area (Å²) in [5, 5.41) is 6.01. The van der Waals surface area contributed by atoms with Gasteiger partial charge in [-0.25, -0.2) is 10.1 Å². The number of terminal acetylenes is 1. The van der Waals surface area contributed by atoms with Crippen molar-refractivity contribution < 1.29 is 23.3 Å². The standard InChI is InChI=1S/C25H32N7O5PS/c1-6-17-12-19(36-23(17)32-14-28-20-21(27-5)29-25(26)30-22(20)32)13-34-38(39,37-18-10-8-7-9-11-18)31-16(4)24(33)35-15(2)3/h1,7-11,14-17,19,23H,12-13H2,2-5H3,(H,31,39)(H3,26,27,29,30)/t16-,17+,19+,23-,38+/m1/s1. The molecule has 5 atom stereocenters. The second kappa shape index (κ2) is 12.3. The maximum atomic E-state index is 12.5. The number of fused-ring (bicyclic) bond motifs is 1. The van der Waals surface area contributed by atoms with Crippen LogP contribution in [0.5, 0.6) is 5.75 Å². The average Bonchev–Trinajstić information content (AvgIpc) is 3.50. The smallest absolute Gasteiger partial charge is 0.323 e. The van der Waals surface area contributed by atoms with Gasteiger partial charge >= 0.3 is 12.6 Å². The molecule has 0 unspecified atom stereocenters. The third kappa shape index (κ3) is 6.84. The molecule has 2 aromatic heterocycles. The van der Waals surface area contributed by atoms with Crippen molar-refractivity contribution in [3.05, 3.63) is 36.7 Å². The third-order valence-corrected chi connectivity index (χ3v) is 8.31. The summed E-state index contributed by atoms with van der Waals surface area (Å²) in [4.78, 5) is 25.4. The SMILES string of the molecule is C#C[C@H]1C[C@@H](CO[P@@](=S)(N[C@H](C)C(=O)OC(C)C)Oc2ccccc2)O[C@H]1n1cnc2c(NC)nc(N)nc21. The van der Waals surface area contributed by atoms with E-state index in [4.69, 9.17) is 42.5 Å². The Hall–Kier alpha value is -3.27. The molecule has 0 amide bonds. The number of hydrogen-bond acceptors (Lipinski definition) is 11. The zero-order chi connectivity index (χ0) is 28.2. The number of hydrogen-bond donors (Lipinski definition) is 3. The van der Waals surface area contributed by atoms with Crippen LogP contribution < -0.4 is 20.7 Å². The Morgan fingerprint density at radius 3 is 2.74 bits per heavy atom. The van der Waals surface area contributed by atoms with E-state index in [9.17, 15) is 4.79 Å². The van der Waals surface area contributed by atoms with Crippen LogP contribution in [-0.2, 0) is 30.6 Å². The third-order valence-electron chi connectivity index (χ3n) is 5.81. The summed E-state index contributed by atoms with van der Waals surface area (Å²) in [6, 6.07) is 8.25. The van der Waals surface area contributed by atoms with Crippen LogP contribution in [0, 0.1) is 18.3 Å². The van der Waals surface area contributed by atoms with Gasteiger partial charge < -0.3 is 29.6 Å². The van der Waals surface area contributed by atoms with Gasteiger partial charge in [0.2, 0.25) is 5.95 Å². The second-order valence-corrected chi connectivity index (χ2v) is 12.3. The van der Waals surface area contributed by atoms with Crippen molar-refractivity contribution in [2.45, 2.75) is 51.7 Å². The van der Waals surface area contributed by atoms with Crippen molar-refractivity contribution in [2.24, 2.45) is 5.92 Å². The van der Waals surface area contributed by atoms with Crippen LogP contribution >= 0.6 is 6.64 Å². The minimum Gasteiger partial charge on any atom is -0.462 e. The van der Waals surface area contributed by atoms with Crippen molar-refractivity contribution >= 4 is 47.3 Å². The first-order chi connectivity index (χ1) is 18.6. The highest BCUT2D eigenvalue weighted by Gasteiger charge is 2.38. The summed E-state index contributed by atoms with van der Waals surface area (Å²) in [5.74, 6) is 3.14. The van der Waals surface area contributed by atoms with E-state index in [0.717, 1.165) is 0 Å². The van der Waals surface area contributed by atoms with Gasteiger partial charge in [0.15, 0.2) is 23.2 Å². The van der Waals surface area contributed by atoms with E-state index in [1.54, 1.807) is 50.8 Å². The van der Waals surface area contributed by atoms with E-state index < -0.39 is 31.0 Å². The molecule has 0 radical (unpaired) electrons. The fourth-order valence-corrected chi connectivity index (χ4v) is 6.51. The van der Waals surface area contributed by atoms with Crippen LogP contribution in [0.2, 0.25) is 0 Å². The van der Waals surface area contributed by atoms with Crippen molar-refractivity contribution in [3.8, 4) is 18.1 Å². The van der Waals surface area contributed by atoms with Crippen LogP contribution in [-0.4, -0.2) is 57.4 Å². The number of anilines is 2. The number of nitrogens with zero attached hydrogens (tertiary/aromatic N) is 4. The Bertz CT molecular complexity index is 1400. The lowest BCUT2D eigenvalue weighted by atomic mass is 10.0. The molecule has 4 rings (SSSR count). The van der Waals surface area contributed by atoms with E-state index >= 15 is 0 Å². The largest absolute Gasteiger partial charge is 0.462 e. The highest BCUT2D eigenvalue weighted by atomic mass is 32.5. The fraction of sp³-hybridized carbons (Fsp3) is 0.440. The first kappa shape index (κ1) is 28.7. The maximum Gasteiger partial charge on any atom is 0.323 e. The average molecular weight is 574 g/mol. The van der Waals surface area contributed by atoms with Crippen LogP contribution in [0.4, 0.5) is 11.8 Å². The number of esters is 1. The molecule has 0 spiro atoms. The van der Waals surface area contributed by atoms with E-state index in [1.165, 1.54) is 0 Å². The number of carbonyl (C=O) groups is 1. The summed E-state index contributed by atoms with van der Waals surface area (Å²) >= 11 is 5.80. The lowest BCUT2D eigenvalue weighted by Gasteiger charge is -2.27. The van der Waals surface area contributed by atoms with Crippen LogP contribution in [0.15, 0.2) is 36.7 Å². The Morgan fingerprint density at radius 2 is 2.08 bits per heavy atom. The molecule has 14 heteroatoms. The minimum absolute atomic E-state index is 0.0727. The van der Waals surface area contributed by atoms with Crippen molar-refractivity contribution in [1.82, 2.24) is 24.6 Å². The van der Waals surface area contributed by atoms with Crippen LogP contribution in [0.1, 0.15) is 33.4 Å². The number of aromatic nitrogens is 4. The highest BCUT2D eigenvalue weighted by molar-refractivity contribution is 8.09. The molecule has 208 valence electrons. The number of ether oxygens (including phenoxy) is 2. The number of para-hydroxylation sites is 1. The summed E-state index contributed by atoms with van der Waals surface area (Å²) < 4.78 is 25.6. The molecule has 1 fully saturated rings. The maximum absolute atomic E-state index is 12.5. The Kier molecular flexibility index (Phi) is 9.04. The van der Waals surface area contributed by atoms with Gasteiger partial charge in [-0.05, 0) is 51.1 Å². The zero-order valence-corrected chi connectivity index (χ0v) is 23.8. The minimum atomic E-state index is -3.23. The summed E-state index contributed by atoms with van der Waals surface area (Å²) in [6.07, 6.45) is 6.71. The molecule has 0 aliphatic carbocycles. The molecule has 0 saturated carbocycles. The first-order valence-corrected chi connectivity index (χ1v) is 15.0. The van der Waals surface area contributed by atoms with Gasteiger partial charge in [-0.3, -0.25) is 9.36 Å². The topological polar surface area (TPSA) is 148 Å². The van der Waals surface area contributed by atoms with Gasteiger partial charge in [0, 0.05) is 7.05 Å². The van der Waals surface area contributed by atoms with Gasteiger partial charge in [0.1, 0.15) is 11.8 Å². The van der Waals surface area contributed by atoms with Crippen LogP contribution in [0.3, 0.4) is 0 Å². The van der Waals surface area contributed by atoms with Gasteiger partial charge in [0.05, 0.1) is 31.1 Å². The molecule has 12 nitrogen and oxygen atoms in total. The summed E-state index contributed by atoms with van der Waals surface area (Å²) in [5.41, 5.74) is 6.94. The predicted octanol–water partition coefficient (Wildman–Crippen LogP) is 3.24. The molecule has 3 aromatic rings. The number of nitrogens with one attached hydrogen (secondary N) is 2. The van der Waals surface area contributed by atoms with Gasteiger partial charge in [0.25, 0.3) is 0 Å². The lowest BCUT2D eigenvalue weighted by Crippen LogP contribution is -2.36. The van der Waals surface area contributed by atoms with E-state index in [2.05, 4.69) is 31.3 Å². The molecule has 39 heavy (non-hydrogen) atoms. The van der Waals surface area contributed by atoms with Crippen molar-refractivity contribution in [1.29, 1.82) is 0 Å². The quantitative estimate of drug-likeness (QED) is 0.176. The van der Waals surface area contributed by atoms with Gasteiger partial charge in [-0.1, -0.05) is 24.1 Å². The van der Waals surface area contributed by atoms with Gasteiger partial charge in [-0.2, -0.15) is 9.97 Å². The number of rotatable bonds is 11. The van der Waals surface area contributed by atoms with Gasteiger partial charge in [-0.15, -0.1) is 6.42 Å². The number of benzene rings is 1. The highest BCUT2D eigenvalue weighted by Crippen LogP contribution is 2.47. The van der Waals surface area contributed by atoms with Crippen LogP contribution in [0.25, 0.3) is 11.2 Å². The van der Waals surface area contributed by atoms with E-state index in [0.29, 0.717) is 29.2 Å². The number of nitrogen functional groups attached to an aromatic ring is 1. The fourth-order valence-electron chi connectivity index (χ4n) is 4.07. The monoisotopic (exact) mass is 573 g/mol. The Balaban J connectivity index is 1.51. The Morgan fingerprint density at radius 1 is 1.33 bits per heavy atom. The second-order valence-electron chi connectivity index (χ2n) is 9.20. The normalized spacial score (nSPS) is 21.3. The molecule has 1 aliphatic rings. The lowest BCUT2D eigenvalue weighted by molar-refractivity contribution is -0.149. The molecule has 1 saturated heterocycles. The van der Waals surface area contributed by atoms with E-state index in [1.807, 2.05) is 18.2 Å². The molecular weight excluding hydrogens is 541 g/mol. The molecular formula is C25H32N7O5PS. The zero-order valence-electron chi connectivity index (χ0n) is 22.1. The molecule has 1 aliphatic heterocycles. The molecule has 3 heterocycles. The number of nitrogens with two attached hydrogens (primary N) is 1. The Labute approximate surface area is 232 Å². The molecule has 0 bridgehead atoms. The number of carbonyl (C=O) groups excluding carboxylic acids is 1. The van der Waals surface area contributed by atoms with Crippen molar-refractivity contribution in [3.63, 3.8) is 0 Å². The molecule has 4 N–H and O–H groups in total. The summed E-state index contributed by atoms with van der Waals surface area (Å²) in [6.45, 7) is 2.05.